The van der Waals surface area contributed by atoms with Crippen molar-refractivity contribution in [2.75, 3.05) is 0 Å². The lowest BCUT2D eigenvalue weighted by Crippen LogP contribution is -2.11. The molecule has 0 radical (unpaired) electrons. The van der Waals surface area contributed by atoms with Crippen molar-refractivity contribution >= 4 is 27.8 Å². The molecule has 0 bridgehead atoms. The summed E-state index contributed by atoms with van der Waals surface area (Å²) in [5, 5.41) is 1.89. The molecule has 0 atom stereocenters. The molecule has 2 aromatic heterocycles. The van der Waals surface area contributed by atoms with E-state index in [2.05, 4.69) is 4.98 Å². The van der Waals surface area contributed by atoms with Crippen molar-refractivity contribution in [2.45, 2.75) is 20.3 Å². The molecule has 0 saturated heterocycles. The Hall–Kier alpha value is -3.14. The number of carbonyl (C=O) groups excluding carboxylic acids is 1. The lowest BCUT2D eigenvalue weighted by atomic mass is 10.1. The summed E-state index contributed by atoms with van der Waals surface area (Å²) < 4.78 is 11.1. The van der Waals surface area contributed by atoms with Gasteiger partial charge in [-0.05, 0) is 38.1 Å². The smallest absolute Gasteiger partial charge is 0.315 e. The van der Waals surface area contributed by atoms with Gasteiger partial charge >= 0.3 is 5.97 Å². The fourth-order valence-electron chi connectivity index (χ4n) is 2.95. The standard InChI is InChI=1S/C21H17NO3/c1-13-6-9-18-17(10-13)16(12-24-18)11-20(23)25-19-5-3-4-15-8-7-14(2)22-21(15)19/h3-10,12H,11H2,1-2H3. The number of aromatic nitrogens is 1. The number of hydrogen-bond donors (Lipinski definition) is 0. The van der Waals surface area contributed by atoms with Crippen LogP contribution in [0.15, 0.2) is 59.2 Å². The molecule has 0 amide bonds. The Bertz CT molecular complexity index is 1090. The highest BCUT2D eigenvalue weighted by Gasteiger charge is 2.14. The van der Waals surface area contributed by atoms with E-state index in [9.17, 15) is 4.79 Å². The second-order valence-corrected chi connectivity index (χ2v) is 6.19. The van der Waals surface area contributed by atoms with Crippen molar-refractivity contribution in [2.24, 2.45) is 0 Å². The minimum atomic E-state index is -0.333. The normalized spacial score (nSPS) is 11.1. The Labute approximate surface area is 145 Å². The largest absolute Gasteiger partial charge is 0.464 e. The number of para-hydroxylation sites is 1. The number of pyridine rings is 1. The van der Waals surface area contributed by atoms with Crippen LogP contribution in [0, 0.1) is 13.8 Å². The van der Waals surface area contributed by atoms with Crippen LogP contribution in [0.2, 0.25) is 0 Å². The molecule has 0 fully saturated rings. The lowest BCUT2D eigenvalue weighted by molar-refractivity contribution is -0.133. The summed E-state index contributed by atoms with van der Waals surface area (Å²) in [6.45, 7) is 3.93. The second-order valence-electron chi connectivity index (χ2n) is 6.19. The lowest BCUT2D eigenvalue weighted by Gasteiger charge is -2.07. The van der Waals surface area contributed by atoms with Gasteiger partial charge in [-0.3, -0.25) is 4.79 Å². The molecule has 2 heterocycles. The van der Waals surface area contributed by atoms with E-state index in [1.807, 2.05) is 56.3 Å². The highest BCUT2D eigenvalue weighted by Crippen LogP contribution is 2.26. The van der Waals surface area contributed by atoms with Gasteiger partial charge in [0.2, 0.25) is 0 Å². The average Bonchev–Trinajstić information content (AvgIpc) is 2.97. The van der Waals surface area contributed by atoms with Crippen LogP contribution in [0.25, 0.3) is 21.9 Å². The van der Waals surface area contributed by atoms with E-state index in [-0.39, 0.29) is 12.4 Å². The first-order valence-electron chi connectivity index (χ1n) is 8.14. The van der Waals surface area contributed by atoms with E-state index in [0.717, 1.165) is 33.2 Å². The van der Waals surface area contributed by atoms with Gasteiger partial charge in [0.25, 0.3) is 0 Å². The van der Waals surface area contributed by atoms with E-state index in [1.54, 1.807) is 12.3 Å². The van der Waals surface area contributed by atoms with Crippen LogP contribution in [0.3, 0.4) is 0 Å². The maximum atomic E-state index is 12.4. The SMILES string of the molecule is Cc1ccc2occ(CC(=O)Oc3cccc4ccc(C)nc34)c2c1. The molecule has 0 aliphatic heterocycles. The van der Waals surface area contributed by atoms with Gasteiger partial charge in [0, 0.05) is 22.0 Å². The van der Waals surface area contributed by atoms with Crippen LogP contribution in [0.4, 0.5) is 0 Å². The van der Waals surface area contributed by atoms with Crippen LogP contribution >= 0.6 is 0 Å². The van der Waals surface area contributed by atoms with Crippen LogP contribution in [0.5, 0.6) is 5.75 Å². The highest BCUT2D eigenvalue weighted by atomic mass is 16.5. The third-order valence-electron chi connectivity index (χ3n) is 4.19. The van der Waals surface area contributed by atoms with Crippen LogP contribution in [0.1, 0.15) is 16.8 Å². The molecule has 0 saturated carbocycles. The van der Waals surface area contributed by atoms with Gasteiger partial charge in [-0.2, -0.15) is 0 Å². The number of fused-ring (bicyclic) bond motifs is 2. The number of aryl methyl sites for hydroxylation is 2. The second kappa shape index (κ2) is 6.06. The monoisotopic (exact) mass is 331 g/mol. The van der Waals surface area contributed by atoms with Gasteiger partial charge in [0.15, 0.2) is 5.75 Å². The maximum Gasteiger partial charge on any atom is 0.315 e. The van der Waals surface area contributed by atoms with E-state index in [4.69, 9.17) is 9.15 Å². The number of furan rings is 1. The number of nitrogens with zero attached hydrogens (tertiary/aromatic N) is 1. The van der Waals surface area contributed by atoms with Crippen molar-refractivity contribution in [3.05, 3.63) is 71.6 Å². The third-order valence-corrected chi connectivity index (χ3v) is 4.19. The Balaban J connectivity index is 1.62. The Morgan fingerprint density at radius 3 is 2.88 bits per heavy atom. The molecule has 2 aromatic carbocycles. The number of rotatable bonds is 3. The quantitative estimate of drug-likeness (QED) is 0.402. The van der Waals surface area contributed by atoms with E-state index < -0.39 is 0 Å². The van der Waals surface area contributed by atoms with Crippen LogP contribution < -0.4 is 4.74 Å². The Morgan fingerprint density at radius 2 is 2.00 bits per heavy atom. The number of hydrogen-bond acceptors (Lipinski definition) is 4. The summed E-state index contributed by atoms with van der Waals surface area (Å²) in [4.78, 5) is 16.9. The number of benzene rings is 2. The van der Waals surface area contributed by atoms with Crippen molar-refractivity contribution in [1.29, 1.82) is 0 Å². The van der Waals surface area contributed by atoms with Gasteiger partial charge in [0.1, 0.15) is 11.1 Å². The summed E-state index contributed by atoms with van der Waals surface area (Å²) in [7, 11) is 0. The first-order valence-corrected chi connectivity index (χ1v) is 8.14. The van der Waals surface area contributed by atoms with Gasteiger partial charge in [-0.1, -0.05) is 29.8 Å². The van der Waals surface area contributed by atoms with Crippen LogP contribution in [-0.2, 0) is 11.2 Å². The molecule has 124 valence electrons. The third kappa shape index (κ3) is 2.98. The zero-order chi connectivity index (χ0) is 17.4. The van der Waals surface area contributed by atoms with E-state index >= 15 is 0 Å². The van der Waals surface area contributed by atoms with Crippen molar-refractivity contribution in [3.8, 4) is 5.75 Å². The van der Waals surface area contributed by atoms with Crippen molar-refractivity contribution in [3.63, 3.8) is 0 Å². The Kier molecular flexibility index (Phi) is 3.73. The first-order chi connectivity index (χ1) is 12.1. The molecule has 4 nitrogen and oxygen atoms in total. The zero-order valence-electron chi connectivity index (χ0n) is 14.1. The zero-order valence-corrected chi connectivity index (χ0v) is 14.1. The minimum Gasteiger partial charge on any atom is -0.464 e. The molecule has 4 rings (SSSR count). The molecule has 0 unspecified atom stereocenters. The molecule has 4 heteroatoms. The van der Waals surface area contributed by atoms with Gasteiger partial charge < -0.3 is 9.15 Å². The molecule has 0 aliphatic carbocycles. The van der Waals surface area contributed by atoms with Crippen molar-refractivity contribution in [1.82, 2.24) is 4.98 Å². The molecular weight excluding hydrogens is 314 g/mol. The average molecular weight is 331 g/mol. The maximum absolute atomic E-state index is 12.4. The summed E-state index contributed by atoms with van der Waals surface area (Å²) in [6.07, 6.45) is 1.77. The topological polar surface area (TPSA) is 52.3 Å². The van der Waals surface area contributed by atoms with Gasteiger partial charge in [0.05, 0.1) is 12.7 Å². The van der Waals surface area contributed by atoms with Gasteiger partial charge in [-0.15, -0.1) is 0 Å². The number of ether oxygens (including phenoxy) is 1. The molecule has 0 aliphatic rings. The molecular formula is C21H17NO3. The number of esters is 1. The minimum absolute atomic E-state index is 0.151. The molecule has 0 spiro atoms. The predicted octanol–water partition coefficient (Wildman–Crippen LogP) is 4.75. The molecule has 0 N–H and O–H groups in total. The Morgan fingerprint density at radius 1 is 1.12 bits per heavy atom. The molecule has 25 heavy (non-hydrogen) atoms. The summed E-state index contributed by atoms with van der Waals surface area (Å²) in [5.41, 5.74) is 4.30. The summed E-state index contributed by atoms with van der Waals surface area (Å²) in [6, 6.07) is 15.4. The highest BCUT2D eigenvalue weighted by molar-refractivity contribution is 5.90. The number of carbonyl (C=O) groups is 1. The first kappa shape index (κ1) is 15.4. The van der Waals surface area contributed by atoms with E-state index in [1.165, 1.54) is 0 Å². The summed E-state index contributed by atoms with van der Waals surface area (Å²) >= 11 is 0. The van der Waals surface area contributed by atoms with E-state index in [0.29, 0.717) is 11.3 Å². The van der Waals surface area contributed by atoms with Crippen LogP contribution in [-0.4, -0.2) is 11.0 Å². The fraction of sp³-hybridized carbons (Fsp3) is 0.143. The fourth-order valence-corrected chi connectivity index (χ4v) is 2.95. The van der Waals surface area contributed by atoms with Gasteiger partial charge in [-0.25, -0.2) is 4.98 Å². The predicted molar refractivity (Wildman–Crippen MR) is 96.8 cm³/mol. The molecule has 4 aromatic rings. The summed E-state index contributed by atoms with van der Waals surface area (Å²) in [5.74, 6) is 0.148. The van der Waals surface area contributed by atoms with Crippen molar-refractivity contribution < 1.29 is 13.9 Å².